The average molecular weight is 715 g/mol. The Morgan fingerprint density at radius 2 is 0.929 bits per heavy atom. The van der Waals surface area contributed by atoms with E-state index in [4.69, 9.17) is 19.4 Å². The van der Waals surface area contributed by atoms with E-state index in [1.165, 1.54) is 32.3 Å². The Morgan fingerprint density at radius 3 is 1.64 bits per heavy atom. The molecule has 0 radical (unpaired) electrons. The van der Waals surface area contributed by atoms with Crippen LogP contribution in [-0.2, 0) is 0 Å². The molecule has 260 valence electrons. The second-order valence-electron chi connectivity index (χ2n) is 14.4. The Hall–Kier alpha value is -7.63. The minimum Gasteiger partial charge on any atom is -0.454 e. The van der Waals surface area contributed by atoms with Crippen molar-refractivity contribution in [3.8, 4) is 39.9 Å². The van der Waals surface area contributed by atoms with Gasteiger partial charge in [0.1, 0.15) is 5.58 Å². The summed E-state index contributed by atoms with van der Waals surface area (Å²) in [5.74, 6) is 1.81. The SMILES string of the molecule is c1ccc2cc(-c3nc(-c4ccc5ccccc5c4)nc(-c4ccc(-n5c6ccccc6c6c7ccccc7ccc65)c5oc6ccccc6c45)n3)ccc2c1. The van der Waals surface area contributed by atoms with Gasteiger partial charge < -0.3 is 8.98 Å². The number of rotatable bonds is 4. The number of nitrogens with zero attached hydrogens (tertiary/aromatic N) is 4. The summed E-state index contributed by atoms with van der Waals surface area (Å²) in [6.07, 6.45) is 0. The molecule has 9 aromatic carbocycles. The number of furan rings is 1. The van der Waals surface area contributed by atoms with E-state index >= 15 is 0 Å². The molecule has 0 N–H and O–H groups in total. The molecule has 0 saturated carbocycles. The molecule has 56 heavy (non-hydrogen) atoms. The molecule has 5 heteroatoms. The molecule has 0 aliphatic rings. The van der Waals surface area contributed by atoms with Crippen LogP contribution in [0.1, 0.15) is 0 Å². The minimum atomic E-state index is 0.586. The van der Waals surface area contributed by atoms with E-state index in [1.807, 2.05) is 12.1 Å². The van der Waals surface area contributed by atoms with Gasteiger partial charge in [0.25, 0.3) is 0 Å². The summed E-state index contributed by atoms with van der Waals surface area (Å²) in [7, 11) is 0. The van der Waals surface area contributed by atoms with Crippen LogP contribution in [0.25, 0.3) is 116 Å². The molecule has 3 heterocycles. The molecule has 0 aliphatic heterocycles. The third kappa shape index (κ3) is 4.64. The van der Waals surface area contributed by atoms with Crippen LogP contribution in [0.4, 0.5) is 0 Å². The minimum absolute atomic E-state index is 0.586. The van der Waals surface area contributed by atoms with Crippen molar-refractivity contribution in [2.45, 2.75) is 0 Å². The standard InChI is InChI=1S/C51H30N4O/c1-3-14-34-29-36(23-21-31(34)11-1)49-52-50(37-24-22-32-12-2-4-15-35(32)30-37)54-51(53-49)41-26-28-44(48-47(41)40-18-8-10-20-45(40)56-48)55-42-19-9-7-17-39(42)46-38-16-6-5-13-33(38)25-27-43(46)55/h1-30H. The molecule has 0 spiro atoms. The lowest BCUT2D eigenvalue weighted by Gasteiger charge is -2.13. The lowest BCUT2D eigenvalue weighted by molar-refractivity contribution is 0.666. The summed E-state index contributed by atoms with van der Waals surface area (Å²) in [5.41, 5.74) is 7.52. The second kappa shape index (κ2) is 11.9. The van der Waals surface area contributed by atoms with E-state index in [0.717, 1.165) is 66.1 Å². The number of aromatic nitrogens is 4. The van der Waals surface area contributed by atoms with Gasteiger partial charge in [0.2, 0.25) is 0 Å². The maximum atomic E-state index is 6.89. The summed E-state index contributed by atoms with van der Waals surface area (Å²) in [6.45, 7) is 0. The van der Waals surface area contributed by atoms with Crippen molar-refractivity contribution in [2.24, 2.45) is 0 Å². The summed E-state index contributed by atoms with van der Waals surface area (Å²) < 4.78 is 9.24. The Morgan fingerprint density at radius 1 is 0.375 bits per heavy atom. The van der Waals surface area contributed by atoms with Crippen molar-refractivity contribution < 1.29 is 4.42 Å². The highest BCUT2D eigenvalue weighted by atomic mass is 16.3. The molecule has 3 aromatic heterocycles. The number of fused-ring (bicyclic) bond motifs is 10. The molecular weight excluding hydrogens is 685 g/mol. The maximum absolute atomic E-state index is 6.89. The van der Waals surface area contributed by atoms with Gasteiger partial charge in [-0.25, -0.2) is 15.0 Å². The van der Waals surface area contributed by atoms with Crippen molar-refractivity contribution in [1.29, 1.82) is 0 Å². The molecule has 12 rings (SSSR count). The smallest absolute Gasteiger partial charge is 0.164 e. The van der Waals surface area contributed by atoms with Gasteiger partial charge in [0.05, 0.1) is 16.7 Å². The van der Waals surface area contributed by atoms with Gasteiger partial charge in [0.15, 0.2) is 23.1 Å². The van der Waals surface area contributed by atoms with Crippen LogP contribution < -0.4 is 0 Å². The van der Waals surface area contributed by atoms with Gasteiger partial charge in [-0.3, -0.25) is 0 Å². The van der Waals surface area contributed by atoms with Gasteiger partial charge in [-0.2, -0.15) is 0 Å². The predicted octanol–water partition coefficient (Wildman–Crippen LogP) is 13.3. The largest absolute Gasteiger partial charge is 0.454 e. The molecule has 0 unspecified atom stereocenters. The molecule has 0 atom stereocenters. The highest BCUT2D eigenvalue weighted by Crippen LogP contribution is 2.43. The molecular formula is C51H30N4O. The van der Waals surface area contributed by atoms with Crippen LogP contribution in [-0.4, -0.2) is 19.5 Å². The fraction of sp³-hybridized carbons (Fsp3) is 0. The summed E-state index contributed by atoms with van der Waals surface area (Å²) in [6, 6.07) is 63.8. The number of para-hydroxylation sites is 2. The fourth-order valence-corrected chi connectivity index (χ4v) is 8.59. The zero-order chi connectivity index (χ0) is 36.7. The van der Waals surface area contributed by atoms with E-state index in [0.29, 0.717) is 17.5 Å². The van der Waals surface area contributed by atoms with Gasteiger partial charge >= 0.3 is 0 Å². The quantitative estimate of drug-likeness (QED) is 0.182. The lowest BCUT2D eigenvalue weighted by atomic mass is 10.0. The number of benzene rings is 9. The van der Waals surface area contributed by atoms with E-state index < -0.39 is 0 Å². The third-order valence-electron chi connectivity index (χ3n) is 11.2. The Kier molecular flexibility index (Phi) is 6.56. The van der Waals surface area contributed by atoms with Crippen LogP contribution in [0.15, 0.2) is 186 Å². The highest BCUT2D eigenvalue weighted by Gasteiger charge is 2.23. The Bertz CT molecular complexity index is 3460. The molecule has 0 amide bonds. The lowest BCUT2D eigenvalue weighted by Crippen LogP contribution is -2.01. The first-order valence-corrected chi connectivity index (χ1v) is 18.9. The van der Waals surface area contributed by atoms with E-state index in [-0.39, 0.29) is 0 Å². The third-order valence-corrected chi connectivity index (χ3v) is 11.2. The van der Waals surface area contributed by atoms with Crippen molar-refractivity contribution in [3.05, 3.63) is 182 Å². The zero-order valence-corrected chi connectivity index (χ0v) is 30.0. The summed E-state index contributed by atoms with van der Waals surface area (Å²) in [4.78, 5) is 15.7. The van der Waals surface area contributed by atoms with Gasteiger partial charge in [-0.15, -0.1) is 0 Å². The van der Waals surface area contributed by atoms with Crippen LogP contribution in [0.2, 0.25) is 0 Å². The highest BCUT2D eigenvalue weighted by molar-refractivity contribution is 6.22. The van der Waals surface area contributed by atoms with Crippen LogP contribution in [0, 0.1) is 0 Å². The first kappa shape index (κ1) is 30.8. The normalized spacial score (nSPS) is 11.9. The number of hydrogen-bond acceptors (Lipinski definition) is 4. The zero-order valence-electron chi connectivity index (χ0n) is 30.0. The van der Waals surface area contributed by atoms with Crippen molar-refractivity contribution in [1.82, 2.24) is 19.5 Å². The molecule has 0 saturated heterocycles. The monoisotopic (exact) mass is 714 g/mol. The fourth-order valence-electron chi connectivity index (χ4n) is 8.59. The maximum Gasteiger partial charge on any atom is 0.164 e. The van der Waals surface area contributed by atoms with Crippen LogP contribution >= 0.6 is 0 Å². The average Bonchev–Trinajstić information content (AvgIpc) is 3.82. The summed E-state index contributed by atoms with van der Waals surface area (Å²) in [5, 5.41) is 11.4. The summed E-state index contributed by atoms with van der Waals surface area (Å²) >= 11 is 0. The van der Waals surface area contributed by atoms with Crippen molar-refractivity contribution in [2.75, 3.05) is 0 Å². The first-order chi connectivity index (χ1) is 27.7. The molecule has 0 aliphatic carbocycles. The first-order valence-electron chi connectivity index (χ1n) is 18.9. The molecule has 12 aromatic rings. The second-order valence-corrected chi connectivity index (χ2v) is 14.4. The van der Waals surface area contributed by atoms with Gasteiger partial charge in [-0.05, 0) is 74.8 Å². The van der Waals surface area contributed by atoms with Gasteiger partial charge in [-0.1, -0.05) is 140 Å². The van der Waals surface area contributed by atoms with Gasteiger partial charge in [0, 0.05) is 38.2 Å². The van der Waals surface area contributed by atoms with Crippen molar-refractivity contribution in [3.63, 3.8) is 0 Å². The topological polar surface area (TPSA) is 56.7 Å². The molecule has 0 bridgehead atoms. The Balaban J connectivity index is 1.15. The van der Waals surface area contributed by atoms with E-state index in [9.17, 15) is 0 Å². The predicted molar refractivity (Wildman–Crippen MR) is 230 cm³/mol. The van der Waals surface area contributed by atoms with E-state index in [2.05, 4.69) is 174 Å². The van der Waals surface area contributed by atoms with Crippen LogP contribution in [0.3, 0.4) is 0 Å². The molecule has 0 fully saturated rings. The van der Waals surface area contributed by atoms with E-state index in [1.54, 1.807) is 0 Å². The Labute approximate surface area is 320 Å². The number of hydrogen-bond donors (Lipinski definition) is 0. The molecule has 5 nitrogen and oxygen atoms in total. The van der Waals surface area contributed by atoms with Crippen LogP contribution in [0.5, 0.6) is 0 Å². The van der Waals surface area contributed by atoms with Crippen molar-refractivity contribution >= 4 is 76.1 Å².